The van der Waals surface area contributed by atoms with E-state index >= 15 is 0 Å². The summed E-state index contributed by atoms with van der Waals surface area (Å²) in [5.74, 6) is 0.111. The van der Waals surface area contributed by atoms with E-state index in [9.17, 15) is 14.2 Å². The minimum atomic E-state index is -4.77. The molecule has 1 aromatic heterocycles. The van der Waals surface area contributed by atoms with Crippen LogP contribution in [0.25, 0.3) is 17.0 Å². The van der Waals surface area contributed by atoms with Gasteiger partial charge in [0, 0.05) is 37.2 Å². The molecule has 0 aliphatic carbocycles. The lowest BCUT2D eigenvalue weighted by molar-refractivity contribution is -0.125. The lowest BCUT2D eigenvalue weighted by Gasteiger charge is -2.39. The summed E-state index contributed by atoms with van der Waals surface area (Å²) in [5.41, 5.74) is 12.0. The molecule has 2 amide bonds. The largest absolute Gasteiger partial charge is 0.471 e. The number of anilines is 2. The summed E-state index contributed by atoms with van der Waals surface area (Å²) < 4.78 is 21.6. The van der Waals surface area contributed by atoms with Gasteiger partial charge in [-0.05, 0) is 50.6 Å². The van der Waals surface area contributed by atoms with Crippen molar-refractivity contribution in [3.05, 3.63) is 65.4 Å². The van der Waals surface area contributed by atoms with Gasteiger partial charge in [-0.2, -0.15) is 0 Å². The van der Waals surface area contributed by atoms with E-state index in [4.69, 9.17) is 35.9 Å². The normalized spacial score (nSPS) is 13.9. The topological polar surface area (TPSA) is 225 Å². The summed E-state index contributed by atoms with van der Waals surface area (Å²) in [6.45, 7) is 5.95. The van der Waals surface area contributed by atoms with Gasteiger partial charge in [0.15, 0.2) is 0 Å². The first-order chi connectivity index (χ1) is 20.7. The average molecular weight is 636 g/mol. The highest BCUT2D eigenvalue weighted by Crippen LogP contribution is 2.40. The molecule has 0 radical (unpaired) electrons. The van der Waals surface area contributed by atoms with Crippen LogP contribution in [0.2, 0.25) is 0 Å². The molecule has 0 atom stereocenters. The molecule has 0 spiro atoms. The van der Waals surface area contributed by atoms with Gasteiger partial charge in [-0.15, -0.1) is 0 Å². The second-order valence-electron chi connectivity index (χ2n) is 10.2. The van der Waals surface area contributed by atoms with Crippen LogP contribution < -0.4 is 21.7 Å². The number of nitrogens with one attached hydrogen (secondary N) is 1. The maximum atomic E-state index is 12.8. The number of amides is 2. The van der Waals surface area contributed by atoms with Gasteiger partial charge < -0.3 is 46.1 Å². The number of aliphatic hydroxyl groups is 2. The average Bonchev–Trinajstić information content (AvgIpc) is 3.30. The number of phosphoric acid groups is 1. The number of nitrogens with two attached hydrogens (primary N) is 2. The molecule has 0 unspecified atom stereocenters. The van der Waals surface area contributed by atoms with Crippen LogP contribution in [0.4, 0.5) is 11.4 Å². The highest BCUT2D eigenvalue weighted by atomic mass is 31.2. The zero-order chi connectivity index (χ0) is 33.1. The van der Waals surface area contributed by atoms with Gasteiger partial charge in [-0.3, -0.25) is 19.0 Å². The number of furan rings is 1. The van der Waals surface area contributed by atoms with Crippen LogP contribution in [0.1, 0.15) is 30.7 Å². The minimum Gasteiger partial charge on any atom is -0.459 e. The van der Waals surface area contributed by atoms with Crippen molar-refractivity contribution >= 4 is 48.1 Å². The molecular weight excluding hydrogens is 593 g/mol. The van der Waals surface area contributed by atoms with E-state index in [-0.39, 0.29) is 19.1 Å². The van der Waals surface area contributed by atoms with E-state index in [1.165, 1.54) is 11.0 Å². The Kier molecular flexibility index (Phi) is 13.7. The van der Waals surface area contributed by atoms with Gasteiger partial charge in [0.25, 0.3) is 5.91 Å². The number of rotatable bonds is 9. The second-order valence-corrected chi connectivity index (χ2v) is 11.4. The first-order valence-corrected chi connectivity index (χ1v) is 15.2. The van der Waals surface area contributed by atoms with Crippen LogP contribution in [0.15, 0.2) is 53.0 Å². The van der Waals surface area contributed by atoms with E-state index in [0.29, 0.717) is 36.6 Å². The molecule has 1 aliphatic heterocycles. The molecule has 14 nitrogen and oxygen atoms in total. The number of benzene rings is 2. The fraction of sp³-hybridized carbons (Fsp3) is 0.379. The van der Waals surface area contributed by atoms with Gasteiger partial charge in [-0.1, -0.05) is 24.3 Å². The van der Waals surface area contributed by atoms with Crippen molar-refractivity contribution in [1.82, 2.24) is 4.90 Å². The SMILES string of the molecule is Cc1c(CN(C)C(=O)/C=C/c2ccc3c(c2)NC(C)(C)C(=O)N3COP(=O)(O)O)oc2ccccc12.NCCO.NCCO. The smallest absolute Gasteiger partial charge is 0.459 e. The zero-order valence-electron chi connectivity index (χ0n) is 25.3. The Morgan fingerprint density at radius 1 is 1.14 bits per heavy atom. The molecule has 0 saturated heterocycles. The number of aliphatic hydroxyl groups excluding tert-OH is 2. The lowest BCUT2D eigenvalue weighted by Crippen LogP contribution is -2.54. The molecule has 0 saturated carbocycles. The zero-order valence-corrected chi connectivity index (χ0v) is 26.2. The van der Waals surface area contributed by atoms with Crippen molar-refractivity contribution in [3.8, 4) is 0 Å². The van der Waals surface area contributed by atoms with Crippen LogP contribution in [0.3, 0.4) is 0 Å². The monoisotopic (exact) mass is 635 g/mol. The number of para-hydroxylation sites is 1. The Morgan fingerprint density at radius 2 is 1.75 bits per heavy atom. The number of hydrogen-bond acceptors (Lipinski definition) is 10. The van der Waals surface area contributed by atoms with Gasteiger partial charge in [0.1, 0.15) is 23.6 Å². The van der Waals surface area contributed by atoms with Gasteiger partial charge in [0.05, 0.1) is 31.1 Å². The van der Waals surface area contributed by atoms with E-state index in [2.05, 4.69) is 9.84 Å². The molecule has 0 bridgehead atoms. The molecule has 15 heteroatoms. The first-order valence-electron chi connectivity index (χ1n) is 13.6. The fourth-order valence-electron chi connectivity index (χ4n) is 4.05. The number of hydrogen-bond donors (Lipinski definition) is 7. The Balaban J connectivity index is 0.000000754. The van der Waals surface area contributed by atoms with Crippen molar-refractivity contribution in [3.63, 3.8) is 0 Å². The summed E-state index contributed by atoms with van der Waals surface area (Å²) in [5, 5.41) is 19.7. The molecule has 242 valence electrons. The van der Waals surface area contributed by atoms with Gasteiger partial charge in [0.2, 0.25) is 5.91 Å². The van der Waals surface area contributed by atoms with Crippen LogP contribution in [-0.4, -0.2) is 82.3 Å². The Bertz CT molecular complexity index is 1480. The number of phosphoric ester groups is 1. The number of aryl methyl sites for hydroxylation is 1. The van der Waals surface area contributed by atoms with Crippen LogP contribution in [0, 0.1) is 6.92 Å². The Hall–Kier alpha value is -3.59. The summed E-state index contributed by atoms with van der Waals surface area (Å²) in [6, 6.07) is 12.8. The van der Waals surface area contributed by atoms with Crippen molar-refractivity contribution in [1.29, 1.82) is 0 Å². The molecule has 4 rings (SSSR count). The predicted molar refractivity (Wildman–Crippen MR) is 168 cm³/mol. The van der Waals surface area contributed by atoms with Crippen molar-refractivity contribution in [2.75, 3.05) is 50.3 Å². The lowest BCUT2D eigenvalue weighted by atomic mass is 9.97. The second kappa shape index (κ2) is 16.5. The molecular formula is C29H42N5O9P. The van der Waals surface area contributed by atoms with Crippen LogP contribution in [0.5, 0.6) is 0 Å². The predicted octanol–water partition coefficient (Wildman–Crippen LogP) is 1.89. The highest BCUT2D eigenvalue weighted by molar-refractivity contribution is 7.46. The van der Waals surface area contributed by atoms with Gasteiger partial charge >= 0.3 is 7.82 Å². The third kappa shape index (κ3) is 10.3. The minimum absolute atomic E-state index is 0.0972. The van der Waals surface area contributed by atoms with E-state index < -0.39 is 26.0 Å². The first kappa shape index (κ1) is 36.6. The summed E-state index contributed by atoms with van der Waals surface area (Å²) >= 11 is 0. The molecule has 2 aromatic carbocycles. The summed E-state index contributed by atoms with van der Waals surface area (Å²) in [7, 11) is -3.07. The quantitative estimate of drug-likeness (QED) is 0.132. The molecule has 44 heavy (non-hydrogen) atoms. The maximum absolute atomic E-state index is 12.8. The molecule has 2 heterocycles. The summed E-state index contributed by atoms with van der Waals surface area (Å²) in [4.78, 5) is 46.4. The Labute approximate surface area is 256 Å². The number of carbonyl (C=O) groups is 2. The number of fused-ring (bicyclic) bond motifs is 2. The molecule has 3 aromatic rings. The highest BCUT2D eigenvalue weighted by Gasteiger charge is 2.39. The standard InChI is InChI=1S/C25H28N3O7P.2C2H7NO/c1-16-18-7-5-6-8-21(18)35-22(16)14-27(4)23(29)12-10-17-9-11-20-19(13-17)26-25(2,3)24(30)28(20)15-34-36(31,32)33;2*3-1-2-4/h5-13,26H,14-15H2,1-4H3,(H2,31,32,33);2*4H,1-3H2/b12-10+;;. The Morgan fingerprint density at radius 3 is 2.32 bits per heavy atom. The van der Waals surface area contributed by atoms with E-state index in [1.54, 1.807) is 50.1 Å². The third-order valence-electron chi connectivity index (χ3n) is 6.27. The van der Waals surface area contributed by atoms with Crippen LogP contribution in [-0.2, 0) is 25.2 Å². The number of likely N-dealkylation sites (N-methyl/N-ethyl adjacent to an activating group) is 1. The number of nitrogens with zero attached hydrogens (tertiary/aromatic N) is 2. The molecule has 1 aliphatic rings. The van der Waals surface area contributed by atoms with Crippen molar-refractivity contribution in [2.24, 2.45) is 11.5 Å². The van der Waals surface area contributed by atoms with Crippen molar-refractivity contribution < 1.29 is 43.1 Å². The third-order valence-corrected chi connectivity index (χ3v) is 6.72. The van der Waals surface area contributed by atoms with E-state index in [1.807, 2.05) is 31.2 Å². The van der Waals surface area contributed by atoms with E-state index in [0.717, 1.165) is 22.3 Å². The number of carbonyl (C=O) groups excluding carboxylic acids is 2. The summed E-state index contributed by atoms with van der Waals surface area (Å²) in [6.07, 6.45) is 3.11. The maximum Gasteiger partial charge on any atom is 0.471 e. The van der Waals surface area contributed by atoms with Gasteiger partial charge in [-0.25, -0.2) is 4.57 Å². The van der Waals surface area contributed by atoms with Crippen LogP contribution >= 0.6 is 7.82 Å². The molecule has 9 N–H and O–H groups in total. The van der Waals surface area contributed by atoms with Crippen molar-refractivity contribution in [2.45, 2.75) is 32.9 Å². The fourth-order valence-corrected chi connectivity index (χ4v) is 4.32. The molecule has 0 fully saturated rings.